The number of likely N-dealkylation sites (tertiary alicyclic amines) is 2. The fraction of sp³-hybridized carbons (Fsp3) is 0.526. The van der Waals surface area contributed by atoms with E-state index in [4.69, 9.17) is 21.1 Å². The van der Waals surface area contributed by atoms with Gasteiger partial charge in [0.2, 0.25) is 17.7 Å². The topological polar surface area (TPSA) is 133 Å². The Labute approximate surface area is 300 Å². The first kappa shape index (κ1) is 38.6. The van der Waals surface area contributed by atoms with E-state index >= 15 is 0 Å². The second-order valence-corrected chi connectivity index (χ2v) is 14.3. The smallest absolute Gasteiger partial charge is 0.254 e. The zero-order valence-corrected chi connectivity index (χ0v) is 31.1. The number of likely N-dealkylation sites (N-methyl/N-ethyl adjacent to an activating group) is 1. The number of hydrogen-bond acceptors (Lipinski definition) is 6. The minimum atomic E-state index is -0.585. The molecule has 50 heavy (non-hydrogen) atoms. The van der Waals surface area contributed by atoms with Crippen molar-refractivity contribution in [3.05, 3.63) is 58.7 Å². The molecule has 272 valence electrons. The van der Waals surface area contributed by atoms with Gasteiger partial charge in [-0.3, -0.25) is 19.2 Å². The molecule has 0 radical (unpaired) electrons. The Morgan fingerprint density at radius 2 is 1.72 bits per heavy atom. The lowest BCUT2D eigenvalue weighted by atomic mass is 9.79. The lowest BCUT2D eigenvalue weighted by molar-refractivity contribution is -0.139. The van der Waals surface area contributed by atoms with Crippen LogP contribution in [0, 0.1) is 23.7 Å². The van der Waals surface area contributed by atoms with Gasteiger partial charge >= 0.3 is 0 Å². The molecule has 3 unspecified atom stereocenters. The molecule has 0 saturated carbocycles. The van der Waals surface area contributed by atoms with Gasteiger partial charge in [0.05, 0.1) is 32.1 Å². The molecule has 0 bridgehead atoms. The van der Waals surface area contributed by atoms with Crippen LogP contribution in [0.4, 0.5) is 0 Å². The average molecular weight is 710 g/mol. The molecule has 3 heterocycles. The molecule has 0 spiro atoms. The highest BCUT2D eigenvalue weighted by Crippen LogP contribution is 2.37. The Kier molecular flexibility index (Phi) is 13.6. The molecule has 12 heteroatoms. The number of H-pyrrole nitrogens is 1. The molecule has 3 N–H and O–H groups in total. The molecule has 5 rings (SSSR count). The highest BCUT2D eigenvalue weighted by Gasteiger charge is 2.48. The van der Waals surface area contributed by atoms with Gasteiger partial charge in [-0.1, -0.05) is 51.3 Å². The summed E-state index contributed by atoms with van der Waals surface area (Å²) in [6, 6.07) is 10.6. The fourth-order valence-electron chi connectivity index (χ4n) is 6.80. The van der Waals surface area contributed by atoms with Crippen molar-refractivity contribution < 1.29 is 28.7 Å². The van der Waals surface area contributed by atoms with E-state index in [-0.39, 0.29) is 61.1 Å². The van der Waals surface area contributed by atoms with Gasteiger partial charge in [-0.25, -0.2) is 0 Å². The number of methoxy groups -OCH3 is 1. The maximum atomic E-state index is 13.7. The Hall–Kier alpha value is -4.25. The number of benzene rings is 2. The van der Waals surface area contributed by atoms with E-state index in [1.807, 2.05) is 26.0 Å². The Balaban J connectivity index is 0.000000860. The predicted octanol–water partition coefficient (Wildman–Crippen LogP) is 5.31. The predicted molar refractivity (Wildman–Crippen MR) is 196 cm³/mol. The maximum absolute atomic E-state index is 13.7. The van der Waals surface area contributed by atoms with Crippen LogP contribution in [0.2, 0.25) is 5.02 Å². The van der Waals surface area contributed by atoms with E-state index in [9.17, 15) is 19.2 Å². The summed E-state index contributed by atoms with van der Waals surface area (Å²) in [7, 11) is 3.03. The van der Waals surface area contributed by atoms with E-state index < -0.39 is 5.92 Å². The summed E-state index contributed by atoms with van der Waals surface area (Å²) in [5.74, 6) is 0.112. The molecule has 4 amide bonds. The number of carbonyl (C=O) groups excluding carboxylic acids is 4. The molecular weight excluding hydrogens is 658 g/mol. The highest BCUT2D eigenvalue weighted by molar-refractivity contribution is 6.31. The van der Waals surface area contributed by atoms with E-state index in [0.717, 1.165) is 22.4 Å². The van der Waals surface area contributed by atoms with Crippen LogP contribution in [0.15, 0.2) is 42.6 Å². The largest absolute Gasteiger partial charge is 0.493 e. The summed E-state index contributed by atoms with van der Waals surface area (Å²) >= 11 is 6.12. The van der Waals surface area contributed by atoms with Crippen LogP contribution in [0.3, 0.4) is 0 Å². The summed E-state index contributed by atoms with van der Waals surface area (Å²) in [6.07, 6.45) is 4.61. The molecule has 11 nitrogen and oxygen atoms in total. The van der Waals surface area contributed by atoms with E-state index in [0.29, 0.717) is 41.7 Å². The standard InChI is InChI=1S/C32H38ClN5O6.C6H14/c1-18(2)44-27-8-5-19(9-28(27)43-4)32(42)38-15-21-14-37(17-25(24(21)16-38)31(41)36-13-29(39)34-3)30(40)10-20-12-35-26-11-22(33)6-7-23(20)26;1-4-5-6(2)3/h5-9,11-12,18,21,24-25,35H,10,13-17H2,1-4H3,(H,34,39)(H,36,41);6H,4-5H2,1-3H3. The van der Waals surface area contributed by atoms with Crippen molar-refractivity contribution in [2.24, 2.45) is 23.7 Å². The number of nitrogens with zero attached hydrogens (tertiary/aromatic N) is 2. The van der Waals surface area contributed by atoms with Crippen LogP contribution in [0.25, 0.3) is 10.9 Å². The Bertz CT molecular complexity index is 1660. The number of nitrogens with one attached hydrogen (secondary N) is 3. The number of aromatic amines is 1. The molecule has 0 aliphatic carbocycles. The molecule has 2 saturated heterocycles. The lowest BCUT2D eigenvalue weighted by Gasteiger charge is -2.39. The van der Waals surface area contributed by atoms with Gasteiger partial charge in [-0.05, 0) is 67.5 Å². The van der Waals surface area contributed by atoms with Crippen LogP contribution < -0.4 is 20.1 Å². The van der Waals surface area contributed by atoms with Crippen LogP contribution in [0.5, 0.6) is 11.5 Å². The number of aromatic nitrogens is 1. The number of carbonyl (C=O) groups is 4. The molecule has 3 aromatic rings. The number of hydrogen-bond donors (Lipinski definition) is 3. The third-order valence-corrected chi connectivity index (χ3v) is 9.50. The third-order valence-electron chi connectivity index (χ3n) is 9.27. The van der Waals surface area contributed by atoms with Crippen LogP contribution in [-0.4, -0.2) is 91.4 Å². The van der Waals surface area contributed by atoms with Crippen molar-refractivity contribution in [1.82, 2.24) is 25.4 Å². The first-order chi connectivity index (χ1) is 23.8. The second kappa shape index (κ2) is 17.6. The fourth-order valence-corrected chi connectivity index (χ4v) is 6.97. The normalized spacial score (nSPS) is 18.4. The Morgan fingerprint density at radius 1 is 0.980 bits per heavy atom. The molecule has 2 aliphatic rings. The Morgan fingerprint density at radius 3 is 2.36 bits per heavy atom. The van der Waals surface area contributed by atoms with E-state index in [2.05, 4.69) is 36.4 Å². The molecular formula is C38H52ClN5O6. The first-order valence-corrected chi connectivity index (χ1v) is 17.9. The molecule has 1 aromatic heterocycles. The number of piperidine rings is 1. The van der Waals surface area contributed by atoms with E-state index in [1.165, 1.54) is 27.0 Å². The van der Waals surface area contributed by atoms with Crippen molar-refractivity contribution in [2.75, 3.05) is 46.9 Å². The molecule has 2 fully saturated rings. The van der Waals surface area contributed by atoms with Crippen LogP contribution in [0.1, 0.15) is 63.4 Å². The lowest BCUT2D eigenvalue weighted by Crippen LogP contribution is -2.54. The third kappa shape index (κ3) is 9.71. The second-order valence-electron chi connectivity index (χ2n) is 13.8. The van der Waals surface area contributed by atoms with Crippen molar-refractivity contribution in [3.8, 4) is 11.5 Å². The summed E-state index contributed by atoms with van der Waals surface area (Å²) in [6.45, 7) is 11.8. The van der Waals surface area contributed by atoms with Crippen molar-refractivity contribution in [3.63, 3.8) is 0 Å². The number of rotatable bonds is 11. The summed E-state index contributed by atoms with van der Waals surface area (Å²) in [5.41, 5.74) is 2.13. The maximum Gasteiger partial charge on any atom is 0.254 e. The summed E-state index contributed by atoms with van der Waals surface area (Å²) in [4.78, 5) is 59.2. The van der Waals surface area contributed by atoms with Crippen LogP contribution in [-0.2, 0) is 20.8 Å². The number of ether oxygens (including phenoxy) is 2. The van der Waals surface area contributed by atoms with Gasteiger partial charge in [0, 0.05) is 60.9 Å². The SMILES string of the molecule is CCCC(C)C.CNC(=O)CNC(=O)C1CN(C(=O)Cc2c[nH]c3cc(Cl)ccc23)CC2CN(C(=O)c3ccc(OC(C)C)c(OC)c3)CC21. The molecule has 3 atom stereocenters. The number of fused-ring (bicyclic) bond motifs is 2. The van der Waals surface area contributed by atoms with Gasteiger partial charge in [-0.15, -0.1) is 0 Å². The molecule has 2 aliphatic heterocycles. The minimum absolute atomic E-state index is 0.0567. The monoisotopic (exact) mass is 709 g/mol. The van der Waals surface area contributed by atoms with Crippen molar-refractivity contribution in [1.29, 1.82) is 0 Å². The van der Waals surface area contributed by atoms with Crippen LogP contribution >= 0.6 is 11.6 Å². The van der Waals surface area contributed by atoms with E-state index in [1.54, 1.807) is 40.3 Å². The van der Waals surface area contributed by atoms with Gasteiger partial charge in [0.25, 0.3) is 5.91 Å². The van der Waals surface area contributed by atoms with Gasteiger partial charge in [0.1, 0.15) is 0 Å². The highest BCUT2D eigenvalue weighted by atomic mass is 35.5. The number of amides is 4. The van der Waals surface area contributed by atoms with Gasteiger partial charge in [-0.2, -0.15) is 0 Å². The van der Waals surface area contributed by atoms with Crippen molar-refractivity contribution >= 4 is 46.1 Å². The molecule has 2 aromatic carbocycles. The first-order valence-electron chi connectivity index (χ1n) is 17.5. The average Bonchev–Trinajstić information content (AvgIpc) is 3.70. The van der Waals surface area contributed by atoms with Crippen molar-refractivity contribution in [2.45, 2.75) is 60.0 Å². The minimum Gasteiger partial charge on any atom is -0.493 e. The summed E-state index contributed by atoms with van der Waals surface area (Å²) in [5, 5.41) is 6.74. The zero-order valence-electron chi connectivity index (χ0n) is 30.3. The number of halogens is 1. The van der Waals surface area contributed by atoms with Gasteiger partial charge < -0.3 is 34.9 Å². The zero-order chi connectivity index (χ0) is 36.5. The quantitative estimate of drug-likeness (QED) is 0.247. The summed E-state index contributed by atoms with van der Waals surface area (Å²) < 4.78 is 11.3. The van der Waals surface area contributed by atoms with Gasteiger partial charge in [0.15, 0.2) is 11.5 Å².